The van der Waals surface area contributed by atoms with Crippen LogP contribution in [0.4, 0.5) is 21.7 Å². The van der Waals surface area contributed by atoms with Crippen molar-refractivity contribution in [2.75, 3.05) is 54.8 Å². The highest BCUT2D eigenvalue weighted by Crippen LogP contribution is 2.20. The van der Waals surface area contributed by atoms with Crippen LogP contribution < -0.4 is 14.5 Å². The maximum atomic E-state index is 13.0. The van der Waals surface area contributed by atoms with Gasteiger partial charge in [-0.3, -0.25) is 4.72 Å². The molecule has 10 heteroatoms. The first-order valence-electron chi connectivity index (χ1n) is 8.14. The fourth-order valence-corrected chi connectivity index (χ4v) is 3.17. The summed E-state index contributed by atoms with van der Waals surface area (Å²) in [5.74, 6) is 0.622. The molecule has 0 bridgehead atoms. The molecule has 1 saturated heterocycles. The number of nitrogens with zero attached hydrogens (tertiary/aromatic N) is 5. The number of aromatic nitrogens is 2. The Balaban J connectivity index is 1.60. The van der Waals surface area contributed by atoms with Gasteiger partial charge < -0.3 is 9.80 Å². The third-order valence-electron chi connectivity index (χ3n) is 4.16. The summed E-state index contributed by atoms with van der Waals surface area (Å²) in [5.41, 5.74) is 0.991. The Morgan fingerprint density at radius 1 is 0.962 bits per heavy atom. The summed E-state index contributed by atoms with van der Waals surface area (Å²) >= 11 is 0. The van der Waals surface area contributed by atoms with Gasteiger partial charge in [0.1, 0.15) is 5.82 Å². The first-order valence-corrected chi connectivity index (χ1v) is 9.58. The van der Waals surface area contributed by atoms with Crippen LogP contribution in [-0.4, -0.2) is 63.2 Å². The van der Waals surface area contributed by atoms with Gasteiger partial charge in [0, 0.05) is 46.0 Å². The highest BCUT2D eigenvalue weighted by molar-refractivity contribution is 7.90. The zero-order valence-corrected chi connectivity index (χ0v) is 15.4. The molecule has 1 N–H and O–H groups in total. The minimum Gasteiger partial charge on any atom is -0.368 e. The number of hydrogen-bond donors (Lipinski definition) is 1. The standard InChI is InChI=1S/C16H21FN6O2S/c1-21(2)26(24,25)20-15-7-8-16(19-18-15)23-11-9-22(10-12-23)14-5-3-13(17)4-6-14/h3-8H,9-12H2,1-2H3,(H,18,20). The minimum atomic E-state index is -3.60. The third kappa shape index (κ3) is 4.20. The number of benzene rings is 1. The van der Waals surface area contributed by atoms with Crippen LogP contribution in [-0.2, 0) is 10.2 Å². The average Bonchev–Trinajstić information content (AvgIpc) is 2.63. The number of anilines is 3. The van der Waals surface area contributed by atoms with Gasteiger partial charge in [-0.25, -0.2) is 4.39 Å². The maximum absolute atomic E-state index is 13.0. The SMILES string of the molecule is CN(C)S(=O)(=O)Nc1ccc(N2CCN(c3ccc(F)cc3)CC2)nn1. The lowest BCUT2D eigenvalue weighted by atomic mass is 10.2. The average molecular weight is 380 g/mol. The van der Waals surface area contributed by atoms with E-state index in [0.717, 1.165) is 36.2 Å². The molecule has 1 aliphatic heterocycles. The third-order valence-corrected chi connectivity index (χ3v) is 5.59. The van der Waals surface area contributed by atoms with Crippen LogP contribution in [0, 0.1) is 5.82 Å². The van der Waals surface area contributed by atoms with Crippen LogP contribution >= 0.6 is 0 Å². The van der Waals surface area contributed by atoms with Crippen molar-refractivity contribution in [2.24, 2.45) is 0 Å². The van der Waals surface area contributed by atoms with E-state index in [-0.39, 0.29) is 11.6 Å². The van der Waals surface area contributed by atoms with Gasteiger partial charge in [-0.15, -0.1) is 10.2 Å². The molecule has 2 heterocycles. The predicted octanol–water partition coefficient (Wildman–Crippen LogP) is 1.16. The van der Waals surface area contributed by atoms with Crippen LogP contribution in [0.2, 0.25) is 0 Å². The molecule has 0 aliphatic carbocycles. The highest BCUT2D eigenvalue weighted by Gasteiger charge is 2.19. The quantitative estimate of drug-likeness (QED) is 0.838. The molecule has 2 aromatic rings. The number of nitrogens with one attached hydrogen (secondary N) is 1. The van der Waals surface area contributed by atoms with E-state index in [1.54, 1.807) is 24.3 Å². The zero-order valence-electron chi connectivity index (χ0n) is 14.6. The summed E-state index contributed by atoms with van der Waals surface area (Å²) in [6, 6.07) is 9.80. The molecule has 0 spiro atoms. The number of rotatable bonds is 5. The molecule has 0 saturated carbocycles. The summed E-state index contributed by atoms with van der Waals surface area (Å²) in [6.45, 7) is 3.05. The van der Waals surface area contributed by atoms with Gasteiger partial charge in [0.2, 0.25) is 0 Å². The molecular formula is C16H21FN6O2S. The summed E-state index contributed by atoms with van der Waals surface area (Å²) in [4.78, 5) is 4.26. The van der Waals surface area contributed by atoms with E-state index in [0.29, 0.717) is 5.82 Å². The van der Waals surface area contributed by atoms with Crippen LogP contribution in [0.25, 0.3) is 0 Å². The van der Waals surface area contributed by atoms with E-state index < -0.39 is 10.2 Å². The molecule has 26 heavy (non-hydrogen) atoms. The number of halogens is 1. The van der Waals surface area contributed by atoms with Gasteiger partial charge in [0.15, 0.2) is 11.6 Å². The van der Waals surface area contributed by atoms with E-state index in [2.05, 4.69) is 24.7 Å². The molecule has 8 nitrogen and oxygen atoms in total. The van der Waals surface area contributed by atoms with Crippen molar-refractivity contribution >= 4 is 27.5 Å². The van der Waals surface area contributed by atoms with Crippen LogP contribution in [0.15, 0.2) is 36.4 Å². The molecule has 0 amide bonds. The Bertz CT molecular complexity index is 834. The summed E-state index contributed by atoms with van der Waals surface area (Å²) in [5, 5.41) is 8.06. The lowest BCUT2D eigenvalue weighted by Gasteiger charge is -2.36. The molecule has 3 rings (SSSR count). The molecule has 1 aliphatic rings. The van der Waals surface area contributed by atoms with Gasteiger partial charge in [-0.05, 0) is 36.4 Å². The summed E-state index contributed by atoms with van der Waals surface area (Å²) in [6.07, 6.45) is 0. The fourth-order valence-electron chi connectivity index (χ4n) is 2.62. The van der Waals surface area contributed by atoms with Gasteiger partial charge in [0.25, 0.3) is 0 Å². The van der Waals surface area contributed by atoms with Crippen molar-refractivity contribution in [3.8, 4) is 0 Å². The van der Waals surface area contributed by atoms with Crippen molar-refractivity contribution in [1.82, 2.24) is 14.5 Å². The Kier molecular flexibility index (Phi) is 5.23. The first kappa shape index (κ1) is 18.3. The van der Waals surface area contributed by atoms with E-state index in [4.69, 9.17) is 0 Å². The summed E-state index contributed by atoms with van der Waals surface area (Å²) < 4.78 is 40.0. The first-order chi connectivity index (χ1) is 12.3. The Morgan fingerprint density at radius 2 is 1.58 bits per heavy atom. The van der Waals surface area contributed by atoms with E-state index in [1.165, 1.54) is 26.2 Å². The van der Waals surface area contributed by atoms with Gasteiger partial charge in [-0.2, -0.15) is 12.7 Å². The van der Waals surface area contributed by atoms with Gasteiger partial charge in [-0.1, -0.05) is 0 Å². The van der Waals surface area contributed by atoms with E-state index in [9.17, 15) is 12.8 Å². The lowest BCUT2D eigenvalue weighted by molar-refractivity contribution is 0.526. The lowest BCUT2D eigenvalue weighted by Crippen LogP contribution is -2.46. The molecule has 1 aromatic carbocycles. The van der Waals surface area contributed by atoms with Gasteiger partial charge >= 0.3 is 10.2 Å². The second-order valence-corrected chi connectivity index (χ2v) is 8.00. The monoisotopic (exact) mass is 380 g/mol. The second kappa shape index (κ2) is 7.42. The van der Waals surface area contributed by atoms with E-state index in [1.807, 2.05) is 0 Å². The van der Waals surface area contributed by atoms with Crippen molar-refractivity contribution in [3.63, 3.8) is 0 Å². The molecular weight excluding hydrogens is 359 g/mol. The van der Waals surface area contributed by atoms with Crippen molar-refractivity contribution in [3.05, 3.63) is 42.2 Å². The largest absolute Gasteiger partial charge is 0.368 e. The molecule has 0 unspecified atom stereocenters. The molecule has 0 atom stereocenters. The number of hydrogen-bond acceptors (Lipinski definition) is 6. The molecule has 1 fully saturated rings. The van der Waals surface area contributed by atoms with E-state index >= 15 is 0 Å². The fraction of sp³-hybridized carbons (Fsp3) is 0.375. The zero-order chi connectivity index (χ0) is 18.7. The van der Waals surface area contributed by atoms with Crippen LogP contribution in [0.3, 0.4) is 0 Å². The Hall–Kier alpha value is -2.46. The van der Waals surface area contributed by atoms with Gasteiger partial charge in [0.05, 0.1) is 0 Å². The molecule has 1 aromatic heterocycles. The topological polar surface area (TPSA) is 81.7 Å². The second-order valence-electron chi connectivity index (χ2n) is 6.12. The minimum absolute atomic E-state index is 0.174. The van der Waals surface area contributed by atoms with Crippen LogP contribution in [0.1, 0.15) is 0 Å². The Morgan fingerprint density at radius 3 is 2.12 bits per heavy atom. The summed E-state index contributed by atoms with van der Waals surface area (Å²) in [7, 11) is -0.726. The Labute approximate surface area is 152 Å². The highest BCUT2D eigenvalue weighted by atomic mass is 32.2. The predicted molar refractivity (Wildman–Crippen MR) is 99.1 cm³/mol. The normalized spacial score (nSPS) is 15.4. The smallest absolute Gasteiger partial charge is 0.302 e. The maximum Gasteiger partial charge on any atom is 0.302 e. The number of piperazine rings is 1. The molecule has 0 radical (unpaired) electrons. The van der Waals surface area contributed by atoms with Crippen molar-refractivity contribution < 1.29 is 12.8 Å². The molecule has 140 valence electrons. The van der Waals surface area contributed by atoms with Crippen molar-refractivity contribution in [2.45, 2.75) is 0 Å². The van der Waals surface area contributed by atoms with Crippen LogP contribution in [0.5, 0.6) is 0 Å². The van der Waals surface area contributed by atoms with Crippen molar-refractivity contribution in [1.29, 1.82) is 0 Å².